The Morgan fingerprint density at radius 3 is 2.81 bits per heavy atom. The van der Waals surface area contributed by atoms with E-state index in [1.54, 1.807) is 29.7 Å². The Balaban J connectivity index is 1.62. The molecule has 1 aromatic carbocycles. The first-order chi connectivity index (χ1) is 15.5. The normalized spacial score (nSPS) is 14.3. The molecule has 0 spiro atoms. The Bertz CT molecular complexity index is 1440. The van der Waals surface area contributed by atoms with Gasteiger partial charge in [0.05, 0.1) is 16.9 Å². The van der Waals surface area contributed by atoms with Crippen molar-refractivity contribution in [2.75, 3.05) is 11.1 Å². The number of rotatable bonds is 5. The van der Waals surface area contributed by atoms with Crippen LogP contribution in [0.2, 0.25) is 0 Å². The van der Waals surface area contributed by atoms with Crippen LogP contribution in [0.1, 0.15) is 49.1 Å². The van der Waals surface area contributed by atoms with Gasteiger partial charge in [-0.3, -0.25) is 9.36 Å². The summed E-state index contributed by atoms with van der Waals surface area (Å²) in [6.45, 7) is 3.59. The van der Waals surface area contributed by atoms with Gasteiger partial charge in [-0.15, -0.1) is 6.42 Å². The Hall–Kier alpha value is -4.26. The summed E-state index contributed by atoms with van der Waals surface area (Å²) in [4.78, 5) is 30.9. The van der Waals surface area contributed by atoms with Crippen molar-refractivity contribution in [2.24, 2.45) is 0 Å². The molecule has 0 saturated heterocycles. The second-order valence-electron chi connectivity index (χ2n) is 7.71. The van der Waals surface area contributed by atoms with Crippen molar-refractivity contribution < 1.29 is 4.52 Å². The molecule has 1 aliphatic carbocycles. The van der Waals surface area contributed by atoms with E-state index in [9.17, 15) is 4.79 Å². The van der Waals surface area contributed by atoms with Crippen molar-refractivity contribution in [2.45, 2.75) is 38.8 Å². The van der Waals surface area contributed by atoms with Crippen molar-refractivity contribution in [3.8, 4) is 23.7 Å². The van der Waals surface area contributed by atoms with Crippen LogP contribution < -0.4 is 16.6 Å². The fraction of sp³-hybridized carbons (Fsp3) is 0.273. The number of hydrogen-bond donors (Lipinski definition) is 2. The number of terminal acetylenes is 1. The van der Waals surface area contributed by atoms with Crippen LogP contribution in [0.4, 0.5) is 11.6 Å². The van der Waals surface area contributed by atoms with E-state index in [0.717, 1.165) is 12.8 Å². The molecule has 1 saturated carbocycles. The zero-order valence-electron chi connectivity index (χ0n) is 17.5. The van der Waals surface area contributed by atoms with Crippen LogP contribution >= 0.6 is 0 Å². The van der Waals surface area contributed by atoms with Gasteiger partial charge in [-0.2, -0.15) is 4.98 Å². The van der Waals surface area contributed by atoms with Crippen LogP contribution in [0.3, 0.4) is 0 Å². The number of anilines is 2. The maximum Gasteiger partial charge on any atom is 0.262 e. The van der Waals surface area contributed by atoms with Crippen LogP contribution in [-0.4, -0.2) is 29.7 Å². The zero-order valence-corrected chi connectivity index (χ0v) is 17.5. The van der Waals surface area contributed by atoms with Gasteiger partial charge in [-0.05, 0) is 31.9 Å². The van der Waals surface area contributed by atoms with Crippen molar-refractivity contribution >= 4 is 22.5 Å². The van der Waals surface area contributed by atoms with Gasteiger partial charge in [0.25, 0.3) is 5.56 Å². The predicted molar refractivity (Wildman–Crippen MR) is 119 cm³/mol. The summed E-state index contributed by atoms with van der Waals surface area (Å²) in [6.07, 6.45) is 8.81. The topological polar surface area (TPSA) is 138 Å². The second-order valence-corrected chi connectivity index (χ2v) is 7.71. The monoisotopic (exact) mass is 428 g/mol. The molecular weight excluding hydrogens is 408 g/mol. The second kappa shape index (κ2) is 7.46. The summed E-state index contributed by atoms with van der Waals surface area (Å²) in [5.41, 5.74) is 7.48. The maximum absolute atomic E-state index is 13.4. The van der Waals surface area contributed by atoms with E-state index in [1.165, 1.54) is 6.33 Å². The van der Waals surface area contributed by atoms with Crippen LogP contribution in [-0.2, 0) is 0 Å². The summed E-state index contributed by atoms with van der Waals surface area (Å²) < 4.78 is 6.83. The summed E-state index contributed by atoms with van der Waals surface area (Å²) >= 11 is 0. The summed E-state index contributed by atoms with van der Waals surface area (Å²) in [5, 5.41) is 7.71. The third-order valence-electron chi connectivity index (χ3n) is 5.39. The highest BCUT2D eigenvalue weighted by molar-refractivity contribution is 5.84. The lowest BCUT2D eigenvalue weighted by molar-refractivity contribution is 0.394. The van der Waals surface area contributed by atoms with E-state index < -0.39 is 0 Å². The van der Waals surface area contributed by atoms with Crippen molar-refractivity contribution in [1.82, 2.24) is 29.7 Å². The third kappa shape index (κ3) is 3.24. The minimum atomic E-state index is -0.386. The maximum atomic E-state index is 13.4. The summed E-state index contributed by atoms with van der Waals surface area (Å²) in [5.74, 6) is 4.48. The Morgan fingerprint density at radius 2 is 2.12 bits per heavy atom. The van der Waals surface area contributed by atoms with Gasteiger partial charge in [0.15, 0.2) is 0 Å². The van der Waals surface area contributed by atoms with E-state index in [0.29, 0.717) is 39.6 Å². The van der Waals surface area contributed by atoms with Gasteiger partial charge >= 0.3 is 0 Å². The van der Waals surface area contributed by atoms with Gasteiger partial charge in [0.1, 0.15) is 29.4 Å². The number of nitrogens with one attached hydrogen (secondary N) is 1. The van der Waals surface area contributed by atoms with Crippen LogP contribution in [0.5, 0.6) is 0 Å². The minimum Gasteiger partial charge on any atom is -0.383 e. The molecule has 10 nitrogen and oxygen atoms in total. The molecule has 32 heavy (non-hydrogen) atoms. The first-order valence-electron chi connectivity index (χ1n) is 10.2. The largest absolute Gasteiger partial charge is 0.383 e. The quantitative estimate of drug-likeness (QED) is 0.459. The minimum absolute atomic E-state index is 0.0966. The molecule has 1 unspecified atom stereocenters. The number of aromatic nitrogens is 6. The van der Waals surface area contributed by atoms with Gasteiger partial charge in [0.2, 0.25) is 11.7 Å². The molecule has 160 valence electrons. The number of benzene rings is 1. The SMILES string of the molecule is C#Cc1cccc2nc(C(C)Nc3ncnc(N)c3-c3noc(C)n3)n(C3CC3)c(=O)c12. The first-order valence-corrected chi connectivity index (χ1v) is 10.2. The molecule has 0 radical (unpaired) electrons. The molecule has 0 bridgehead atoms. The molecule has 5 rings (SSSR count). The molecule has 0 amide bonds. The lowest BCUT2D eigenvalue weighted by Gasteiger charge is -2.21. The van der Waals surface area contributed by atoms with E-state index in [2.05, 4.69) is 31.3 Å². The number of fused-ring (bicyclic) bond motifs is 1. The van der Waals surface area contributed by atoms with Gasteiger partial charge in [0, 0.05) is 18.5 Å². The van der Waals surface area contributed by atoms with Gasteiger partial charge in [-0.25, -0.2) is 15.0 Å². The molecule has 1 atom stereocenters. The predicted octanol–water partition coefficient (Wildman–Crippen LogP) is 2.62. The van der Waals surface area contributed by atoms with E-state index in [4.69, 9.17) is 21.7 Å². The smallest absolute Gasteiger partial charge is 0.262 e. The Labute approximate surface area is 182 Å². The number of nitrogens with zero attached hydrogens (tertiary/aromatic N) is 6. The molecule has 3 N–H and O–H groups in total. The van der Waals surface area contributed by atoms with Crippen molar-refractivity contribution in [3.63, 3.8) is 0 Å². The highest BCUT2D eigenvalue weighted by Gasteiger charge is 2.31. The molecule has 10 heteroatoms. The first kappa shape index (κ1) is 19.7. The molecule has 4 aromatic rings. The number of hydrogen-bond acceptors (Lipinski definition) is 9. The highest BCUT2D eigenvalue weighted by Crippen LogP contribution is 2.37. The third-order valence-corrected chi connectivity index (χ3v) is 5.39. The van der Waals surface area contributed by atoms with Crippen molar-refractivity contribution in [1.29, 1.82) is 0 Å². The molecule has 0 aliphatic heterocycles. The van der Waals surface area contributed by atoms with E-state index in [1.807, 2.05) is 6.92 Å². The van der Waals surface area contributed by atoms with Crippen LogP contribution in [0, 0.1) is 19.3 Å². The van der Waals surface area contributed by atoms with E-state index in [-0.39, 0.29) is 29.3 Å². The fourth-order valence-electron chi connectivity index (χ4n) is 3.77. The lowest BCUT2D eigenvalue weighted by atomic mass is 10.1. The molecule has 3 heterocycles. The fourth-order valence-corrected chi connectivity index (χ4v) is 3.77. The average molecular weight is 428 g/mol. The van der Waals surface area contributed by atoms with Crippen LogP contribution in [0.25, 0.3) is 22.3 Å². The summed E-state index contributed by atoms with van der Waals surface area (Å²) in [6, 6.07) is 5.06. The Morgan fingerprint density at radius 1 is 1.31 bits per heavy atom. The number of nitrogens with two attached hydrogens (primary N) is 1. The van der Waals surface area contributed by atoms with E-state index >= 15 is 0 Å². The number of nitrogen functional groups attached to an aromatic ring is 1. The molecule has 1 aliphatic rings. The van der Waals surface area contributed by atoms with Gasteiger partial charge < -0.3 is 15.6 Å². The highest BCUT2D eigenvalue weighted by atomic mass is 16.5. The molecular formula is C22H20N8O2. The van der Waals surface area contributed by atoms with Gasteiger partial charge in [-0.1, -0.05) is 17.1 Å². The average Bonchev–Trinajstić information content (AvgIpc) is 3.53. The molecule has 3 aromatic heterocycles. The standard InChI is InChI=1S/C22H20N8O2/c1-4-13-6-5-7-15-16(13)22(31)30(14-8-9-14)21(28-15)11(2)26-19-17(18(23)24-10-25-19)20-27-12(3)32-29-20/h1,5-7,10-11,14H,8-9H2,2-3H3,(H3,23,24,25,26). The zero-order chi connectivity index (χ0) is 22.4. The Kier molecular flexibility index (Phi) is 4.59. The van der Waals surface area contributed by atoms with Crippen LogP contribution in [0.15, 0.2) is 33.8 Å². The summed E-state index contributed by atoms with van der Waals surface area (Å²) in [7, 11) is 0. The van der Waals surface area contributed by atoms with Crippen molar-refractivity contribution in [3.05, 3.63) is 52.2 Å². The number of aryl methyl sites for hydroxylation is 1. The lowest BCUT2D eigenvalue weighted by Crippen LogP contribution is -2.28. The molecule has 1 fully saturated rings.